The summed E-state index contributed by atoms with van der Waals surface area (Å²) in [5, 5.41) is 0. The summed E-state index contributed by atoms with van der Waals surface area (Å²) in [5.41, 5.74) is 0.614. The number of anilines is 2. The second kappa shape index (κ2) is 9.03. The summed E-state index contributed by atoms with van der Waals surface area (Å²) in [6.45, 7) is 14.6. The maximum atomic E-state index is 13.2. The molecular weight excluding hydrogens is 436 g/mol. The van der Waals surface area contributed by atoms with Crippen LogP contribution in [0.1, 0.15) is 70.4 Å². The molecule has 3 aliphatic rings. The second-order valence-corrected chi connectivity index (χ2v) is 10.6. The molecule has 1 atom stereocenters. The molecule has 0 unspecified atom stereocenters. The number of hydrogen-bond acceptors (Lipinski definition) is 8. The normalized spacial score (nSPS) is 20.9. The van der Waals surface area contributed by atoms with Gasteiger partial charge >= 0.3 is 5.97 Å². The molecule has 0 saturated carbocycles. The zero-order valence-electron chi connectivity index (χ0n) is 21.1. The van der Waals surface area contributed by atoms with Crippen LogP contribution in [0.15, 0.2) is 0 Å². The second-order valence-electron chi connectivity index (χ2n) is 10.6. The predicted molar refractivity (Wildman–Crippen MR) is 128 cm³/mol. The molecule has 4 heterocycles. The molecule has 0 spiro atoms. The van der Waals surface area contributed by atoms with E-state index in [1.807, 2.05) is 44.4 Å². The zero-order chi connectivity index (χ0) is 24.8. The Labute approximate surface area is 201 Å². The van der Waals surface area contributed by atoms with Crippen LogP contribution in [0.5, 0.6) is 0 Å². The van der Waals surface area contributed by atoms with Crippen molar-refractivity contribution in [3.05, 3.63) is 11.3 Å². The van der Waals surface area contributed by atoms with Crippen LogP contribution in [-0.4, -0.2) is 88.0 Å². The lowest BCUT2D eigenvalue weighted by atomic mass is 10.1. The van der Waals surface area contributed by atoms with Crippen LogP contribution in [0.25, 0.3) is 0 Å². The van der Waals surface area contributed by atoms with E-state index in [1.54, 1.807) is 16.7 Å². The Balaban J connectivity index is 1.70. The van der Waals surface area contributed by atoms with Gasteiger partial charge in [-0.3, -0.25) is 9.59 Å². The minimum Gasteiger partial charge on any atom is -0.458 e. The number of carbonyl (C=O) groups excluding carboxylic acids is 3. The van der Waals surface area contributed by atoms with E-state index in [-0.39, 0.29) is 23.8 Å². The van der Waals surface area contributed by atoms with E-state index in [0.717, 1.165) is 12.0 Å². The van der Waals surface area contributed by atoms with Gasteiger partial charge in [-0.25, -0.2) is 9.78 Å². The SMILES string of the molecule is CC(=O)N1CCN(c2nc3c(c(N4CCC[C@@H]4C(=O)OC(C)(C)C)n2)CN(C(C)C)C3=O)CC1. The molecule has 2 amide bonds. The number of aromatic nitrogens is 2. The highest BCUT2D eigenvalue weighted by Crippen LogP contribution is 2.36. The third-order valence-electron chi connectivity index (χ3n) is 6.60. The van der Waals surface area contributed by atoms with Crippen LogP contribution in [0, 0.1) is 0 Å². The highest BCUT2D eigenvalue weighted by Gasteiger charge is 2.41. The van der Waals surface area contributed by atoms with Crippen molar-refractivity contribution >= 4 is 29.5 Å². The van der Waals surface area contributed by atoms with Gasteiger partial charge in [0.25, 0.3) is 5.91 Å². The van der Waals surface area contributed by atoms with Crippen molar-refractivity contribution < 1.29 is 19.1 Å². The zero-order valence-corrected chi connectivity index (χ0v) is 21.1. The Kier molecular flexibility index (Phi) is 6.44. The molecule has 10 heteroatoms. The van der Waals surface area contributed by atoms with Gasteiger partial charge in [0, 0.05) is 51.3 Å². The van der Waals surface area contributed by atoms with E-state index >= 15 is 0 Å². The molecule has 0 radical (unpaired) electrons. The summed E-state index contributed by atoms with van der Waals surface area (Å²) in [6.07, 6.45) is 1.53. The standard InChI is InChI=1S/C24H36N6O4/c1-15(2)30-14-17-19(21(30)32)25-23(28-12-10-27(11-13-28)16(3)31)26-20(17)29-9-7-8-18(29)22(33)34-24(4,5)6/h15,18H,7-14H2,1-6H3/t18-/m1/s1. The quantitative estimate of drug-likeness (QED) is 0.612. The lowest BCUT2D eigenvalue weighted by Crippen LogP contribution is -2.49. The Hall–Kier alpha value is -2.91. The van der Waals surface area contributed by atoms with E-state index in [2.05, 4.69) is 0 Å². The molecule has 1 aromatic rings. The summed E-state index contributed by atoms with van der Waals surface area (Å²) in [7, 11) is 0. The number of amides is 2. The molecular formula is C24H36N6O4. The van der Waals surface area contributed by atoms with Gasteiger partial charge < -0.3 is 24.3 Å². The fraction of sp³-hybridized carbons (Fsp3) is 0.708. The molecule has 10 nitrogen and oxygen atoms in total. The fourth-order valence-corrected chi connectivity index (χ4v) is 4.81. The molecule has 0 bridgehead atoms. The van der Waals surface area contributed by atoms with Crippen molar-refractivity contribution in [2.45, 2.75) is 78.6 Å². The summed E-state index contributed by atoms with van der Waals surface area (Å²) in [4.78, 5) is 55.3. The number of hydrogen-bond donors (Lipinski definition) is 0. The Morgan fingerprint density at radius 2 is 1.74 bits per heavy atom. The van der Waals surface area contributed by atoms with Gasteiger partial charge in [0.15, 0.2) is 0 Å². The number of ether oxygens (including phenoxy) is 1. The molecule has 4 rings (SSSR count). The minimum atomic E-state index is -0.578. The van der Waals surface area contributed by atoms with E-state index < -0.39 is 11.6 Å². The maximum Gasteiger partial charge on any atom is 0.329 e. The monoisotopic (exact) mass is 472 g/mol. The highest BCUT2D eigenvalue weighted by molar-refractivity contribution is 5.98. The molecule has 0 aromatic carbocycles. The van der Waals surface area contributed by atoms with E-state index in [4.69, 9.17) is 14.7 Å². The topological polar surface area (TPSA) is 99.2 Å². The van der Waals surface area contributed by atoms with Crippen LogP contribution in [0.4, 0.5) is 11.8 Å². The number of esters is 1. The van der Waals surface area contributed by atoms with Gasteiger partial charge in [-0.1, -0.05) is 0 Å². The lowest BCUT2D eigenvalue weighted by Gasteiger charge is -2.35. The van der Waals surface area contributed by atoms with Crippen molar-refractivity contribution in [3.63, 3.8) is 0 Å². The third-order valence-corrected chi connectivity index (χ3v) is 6.60. The highest BCUT2D eigenvalue weighted by atomic mass is 16.6. The smallest absolute Gasteiger partial charge is 0.329 e. The van der Waals surface area contributed by atoms with Crippen LogP contribution in [-0.2, 0) is 20.9 Å². The number of nitrogens with zero attached hydrogens (tertiary/aromatic N) is 6. The molecule has 2 saturated heterocycles. The Morgan fingerprint density at radius 3 is 2.32 bits per heavy atom. The average molecular weight is 473 g/mol. The number of fused-ring (bicyclic) bond motifs is 1. The molecule has 0 aliphatic carbocycles. The van der Waals surface area contributed by atoms with Crippen molar-refractivity contribution in [1.29, 1.82) is 0 Å². The predicted octanol–water partition coefficient (Wildman–Crippen LogP) is 1.82. The molecule has 34 heavy (non-hydrogen) atoms. The van der Waals surface area contributed by atoms with Crippen molar-refractivity contribution in [2.75, 3.05) is 42.5 Å². The number of piperazine rings is 1. The third kappa shape index (κ3) is 4.67. The van der Waals surface area contributed by atoms with Crippen molar-refractivity contribution in [1.82, 2.24) is 19.8 Å². The first-order valence-corrected chi connectivity index (χ1v) is 12.2. The largest absolute Gasteiger partial charge is 0.458 e. The van der Waals surface area contributed by atoms with Crippen molar-refractivity contribution in [3.8, 4) is 0 Å². The fourth-order valence-electron chi connectivity index (χ4n) is 4.81. The summed E-state index contributed by atoms with van der Waals surface area (Å²) < 4.78 is 5.70. The van der Waals surface area contributed by atoms with Gasteiger partial charge in [0.05, 0.1) is 6.54 Å². The first-order valence-electron chi connectivity index (χ1n) is 12.2. The number of rotatable bonds is 4. The molecule has 0 N–H and O–H groups in total. The molecule has 1 aromatic heterocycles. The summed E-state index contributed by atoms with van der Waals surface area (Å²) in [6, 6.07) is -0.416. The van der Waals surface area contributed by atoms with Crippen LogP contribution in [0.3, 0.4) is 0 Å². The van der Waals surface area contributed by atoms with Gasteiger partial charge in [-0.2, -0.15) is 4.98 Å². The minimum absolute atomic E-state index is 0.0253. The average Bonchev–Trinajstić information content (AvgIpc) is 3.37. The molecule has 3 aliphatic heterocycles. The van der Waals surface area contributed by atoms with Gasteiger partial charge in [-0.15, -0.1) is 0 Å². The summed E-state index contributed by atoms with van der Waals surface area (Å²) in [5.74, 6) is 0.809. The van der Waals surface area contributed by atoms with Crippen molar-refractivity contribution in [2.24, 2.45) is 0 Å². The maximum absolute atomic E-state index is 13.2. The van der Waals surface area contributed by atoms with Gasteiger partial charge in [0.2, 0.25) is 11.9 Å². The lowest BCUT2D eigenvalue weighted by molar-refractivity contribution is -0.156. The first-order chi connectivity index (χ1) is 16.0. The van der Waals surface area contributed by atoms with Crippen LogP contribution in [0.2, 0.25) is 0 Å². The number of carbonyl (C=O) groups is 3. The van der Waals surface area contributed by atoms with Crippen LogP contribution < -0.4 is 9.80 Å². The van der Waals surface area contributed by atoms with Gasteiger partial charge in [0.1, 0.15) is 23.2 Å². The van der Waals surface area contributed by atoms with Gasteiger partial charge in [-0.05, 0) is 47.5 Å². The molecule has 2 fully saturated rings. The Morgan fingerprint density at radius 1 is 1.06 bits per heavy atom. The van der Waals surface area contributed by atoms with E-state index in [0.29, 0.717) is 63.1 Å². The Bertz CT molecular complexity index is 980. The van der Waals surface area contributed by atoms with E-state index in [9.17, 15) is 14.4 Å². The van der Waals surface area contributed by atoms with Crippen LogP contribution >= 0.6 is 0 Å². The first kappa shape index (κ1) is 24.2. The molecule has 186 valence electrons. The summed E-state index contributed by atoms with van der Waals surface area (Å²) >= 11 is 0. The van der Waals surface area contributed by atoms with E-state index in [1.165, 1.54) is 0 Å².